The molecule has 8 heteroatoms. The quantitative estimate of drug-likeness (QED) is 0.583. The normalized spacial score (nSPS) is 15.7. The van der Waals surface area contributed by atoms with Gasteiger partial charge in [0.15, 0.2) is 0 Å². The molecule has 8 nitrogen and oxygen atoms in total. The number of anilines is 2. The number of ether oxygens (including phenoxy) is 1. The van der Waals surface area contributed by atoms with Crippen LogP contribution in [0.25, 0.3) is 0 Å². The van der Waals surface area contributed by atoms with Crippen molar-refractivity contribution in [3.8, 4) is 5.75 Å². The highest BCUT2D eigenvalue weighted by Gasteiger charge is 2.32. The molecule has 3 heterocycles. The fourth-order valence-corrected chi connectivity index (χ4v) is 3.78. The predicted octanol–water partition coefficient (Wildman–Crippen LogP) is 3.53. The van der Waals surface area contributed by atoms with Crippen LogP contribution in [0, 0.1) is 0 Å². The topological polar surface area (TPSA) is 83.5 Å². The molecule has 1 aromatic carbocycles. The number of carbonyl (C=O) groups excluding carboxylic acids is 1. The molecule has 1 N–H and O–H groups in total. The van der Waals surface area contributed by atoms with Crippen LogP contribution in [0.5, 0.6) is 5.75 Å². The number of hydrogen-bond acceptors (Lipinski definition) is 7. The molecule has 0 bridgehead atoms. The van der Waals surface area contributed by atoms with Crippen LogP contribution in [0.2, 0.25) is 0 Å². The van der Waals surface area contributed by atoms with Gasteiger partial charge >= 0.3 is 0 Å². The first kappa shape index (κ1) is 21.7. The van der Waals surface area contributed by atoms with Gasteiger partial charge in [-0.05, 0) is 51.2 Å². The monoisotopic (exact) mass is 432 g/mol. The third kappa shape index (κ3) is 5.20. The van der Waals surface area contributed by atoms with Crippen molar-refractivity contribution in [3.05, 3.63) is 72.3 Å². The lowest BCUT2D eigenvalue weighted by atomic mass is 10.1. The van der Waals surface area contributed by atoms with Crippen LogP contribution >= 0.6 is 0 Å². The summed E-state index contributed by atoms with van der Waals surface area (Å²) in [5, 5.41) is 3.17. The van der Waals surface area contributed by atoms with E-state index in [9.17, 15) is 4.79 Å². The Labute approximate surface area is 188 Å². The minimum absolute atomic E-state index is 0.0259. The fraction of sp³-hybridized carbons (Fsp3) is 0.333. The Balaban J connectivity index is 1.52. The number of likely N-dealkylation sites (N-methyl/N-ethyl adjacent to an activating group) is 1. The van der Waals surface area contributed by atoms with E-state index in [2.05, 4.69) is 20.2 Å². The highest BCUT2D eigenvalue weighted by atomic mass is 16.5. The van der Waals surface area contributed by atoms with Crippen molar-refractivity contribution in [2.75, 3.05) is 39.1 Å². The molecule has 1 aliphatic heterocycles. The summed E-state index contributed by atoms with van der Waals surface area (Å²) in [6, 6.07) is 13.2. The van der Waals surface area contributed by atoms with Crippen molar-refractivity contribution < 1.29 is 9.53 Å². The summed E-state index contributed by atoms with van der Waals surface area (Å²) in [6.45, 7) is 2.00. The van der Waals surface area contributed by atoms with Gasteiger partial charge in [0.25, 0.3) is 5.91 Å². The third-order valence-corrected chi connectivity index (χ3v) is 5.36. The lowest BCUT2D eigenvalue weighted by Gasteiger charge is -2.25. The van der Waals surface area contributed by atoms with E-state index in [4.69, 9.17) is 9.72 Å². The lowest BCUT2D eigenvalue weighted by molar-refractivity contribution is 0.0728. The summed E-state index contributed by atoms with van der Waals surface area (Å²) in [7, 11) is 3.99. The molecule has 0 spiro atoms. The zero-order valence-electron chi connectivity index (χ0n) is 18.4. The molecule has 0 saturated carbocycles. The standard InChI is InChI=1S/C24H28N6O2/c1-29(2)15-16-32-21-10-4-3-7-18(21)24(31)30-14-6-9-20(30)19-8-5-11-22(27-19)28-23-17-25-12-13-26-23/h3-5,7-8,10-13,17,20H,6,9,14-16H2,1-2H3,(H,26,27,28)/t20-/m1/s1. The molecule has 0 radical (unpaired) electrons. The van der Waals surface area contributed by atoms with Gasteiger partial charge in [-0.15, -0.1) is 0 Å². The van der Waals surface area contributed by atoms with Crippen LogP contribution in [0.4, 0.5) is 11.6 Å². The number of amides is 1. The Kier molecular flexibility index (Phi) is 6.91. The minimum atomic E-state index is -0.0825. The summed E-state index contributed by atoms with van der Waals surface area (Å²) < 4.78 is 5.93. The van der Waals surface area contributed by atoms with E-state index in [-0.39, 0.29) is 11.9 Å². The van der Waals surface area contributed by atoms with Crippen LogP contribution in [0.3, 0.4) is 0 Å². The average Bonchev–Trinajstić information content (AvgIpc) is 3.30. The number of hydrogen-bond donors (Lipinski definition) is 1. The van der Waals surface area contributed by atoms with Gasteiger partial charge in [0.2, 0.25) is 0 Å². The number of likely N-dealkylation sites (tertiary alicyclic amines) is 1. The summed E-state index contributed by atoms with van der Waals surface area (Å²) >= 11 is 0. The summed E-state index contributed by atoms with van der Waals surface area (Å²) in [4.78, 5) is 30.5. The average molecular weight is 433 g/mol. The maximum absolute atomic E-state index is 13.5. The molecule has 1 atom stereocenters. The number of pyridine rings is 1. The number of nitrogens with one attached hydrogen (secondary N) is 1. The first-order valence-corrected chi connectivity index (χ1v) is 10.8. The van der Waals surface area contributed by atoms with E-state index in [0.717, 1.165) is 25.1 Å². The Morgan fingerprint density at radius 1 is 1.16 bits per heavy atom. The summed E-state index contributed by atoms with van der Waals surface area (Å²) in [5.41, 5.74) is 1.45. The lowest BCUT2D eigenvalue weighted by Crippen LogP contribution is -2.31. The molecular formula is C24H28N6O2. The van der Waals surface area contributed by atoms with Crippen LogP contribution in [0.1, 0.15) is 34.9 Å². The third-order valence-electron chi connectivity index (χ3n) is 5.36. The highest BCUT2D eigenvalue weighted by Crippen LogP contribution is 2.34. The second kappa shape index (κ2) is 10.2. The smallest absolute Gasteiger partial charge is 0.258 e. The highest BCUT2D eigenvalue weighted by molar-refractivity contribution is 5.97. The predicted molar refractivity (Wildman–Crippen MR) is 123 cm³/mol. The number of rotatable bonds is 8. The number of nitrogens with zero attached hydrogens (tertiary/aromatic N) is 5. The minimum Gasteiger partial charge on any atom is -0.491 e. The van der Waals surface area contributed by atoms with Crippen LogP contribution in [0.15, 0.2) is 61.1 Å². The Morgan fingerprint density at radius 3 is 2.84 bits per heavy atom. The van der Waals surface area contributed by atoms with E-state index < -0.39 is 0 Å². The van der Waals surface area contributed by atoms with Crippen molar-refractivity contribution >= 4 is 17.5 Å². The second-order valence-corrected chi connectivity index (χ2v) is 7.97. The molecule has 3 aromatic rings. The number of benzene rings is 1. The molecule has 1 amide bonds. The molecule has 0 unspecified atom stereocenters. The number of para-hydroxylation sites is 1. The Bertz CT molecular complexity index is 1040. The fourth-order valence-electron chi connectivity index (χ4n) is 3.78. The van der Waals surface area contributed by atoms with Gasteiger partial charge in [-0.2, -0.15) is 0 Å². The van der Waals surface area contributed by atoms with Crippen molar-refractivity contribution in [1.82, 2.24) is 24.8 Å². The van der Waals surface area contributed by atoms with Gasteiger partial charge in [0.05, 0.1) is 23.5 Å². The van der Waals surface area contributed by atoms with Gasteiger partial charge < -0.3 is 19.9 Å². The first-order valence-electron chi connectivity index (χ1n) is 10.8. The summed E-state index contributed by atoms with van der Waals surface area (Å²) in [6.07, 6.45) is 6.70. The number of carbonyl (C=O) groups is 1. The molecule has 1 aliphatic rings. The van der Waals surface area contributed by atoms with Crippen molar-refractivity contribution in [2.24, 2.45) is 0 Å². The van der Waals surface area contributed by atoms with Gasteiger partial charge in [-0.3, -0.25) is 9.78 Å². The van der Waals surface area contributed by atoms with Crippen molar-refractivity contribution in [2.45, 2.75) is 18.9 Å². The number of aromatic nitrogens is 3. The second-order valence-electron chi connectivity index (χ2n) is 7.97. The molecule has 4 rings (SSSR count). The molecule has 2 aromatic heterocycles. The van der Waals surface area contributed by atoms with E-state index in [0.29, 0.717) is 36.1 Å². The van der Waals surface area contributed by atoms with E-state index in [1.807, 2.05) is 61.5 Å². The molecule has 0 aliphatic carbocycles. The summed E-state index contributed by atoms with van der Waals surface area (Å²) in [5.74, 6) is 1.90. The Hall–Kier alpha value is -3.52. The zero-order chi connectivity index (χ0) is 22.3. The first-order chi connectivity index (χ1) is 15.6. The van der Waals surface area contributed by atoms with Gasteiger partial charge in [-0.25, -0.2) is 9.97 Å². The maximum atomic E-state index is 13.5. The Morgan fingerprint density at radius 2 is 2.03 bits per heavy atom. The largest absolute Gasteiger partial charge is 0.491 e. The van der Waals surface area contributed by atoms with Crippen LogP contribution in [-0.4, -0.2) is 64.5 Å². The van der Waals surface area contributed by atoms with E-state index >= 15 is 0 Å². The van der Waals surface area contributed by atoms with E-state index in [1.165, 1.54) is 0 Å². The molecular weight excluding hydrogens is 404 g/mol. The van der Waals surface area contributed by atoms with E-state index in [1.54, 1.807) is 18.6 Å². The molecule has 1 saturated heterocycles. The molecule has 32 heavy (non-hydrogen) atoms. The van der Waals surface area contributed by atoms with Gasteiger partial charge in [0, 0.05) is 25.5 Å². The molecule has 166 valence electrons. The van der Waals surface area contributed by atoms with Gasteiger partial charge in [0.1, 0.15) is 24.0 Å². The van der Waals surface area contributed by atoms with Crippen LogP contribution < -0.4 is 10.1 Å². The maximum Gasteiger partial charge on any atom is 0.258 e. The van der Waals surface area contributed by atoms with Crippen molar-refractivity contribution in [1.29, 1.82) is 0 Å². The van der Waals surface area contributed by atoms with Crippen LogP contribution in [-0.2, 0) is 0 Å². The zero-order valence-corrected chi connectivity index (χ0v) is 18.4. The van der Waals surface area contributed by atoms with Crippen molar-refractivity contribution in [3.63, 3.8) is 0 Å². The molecule has 1 fully saturated rings. The SMILES string of the molecule is CN(C)CCOc1ccccc1C(=O)N1CCC[C@@H]1c1cccc(Nc2cnccn2)n1. The van der Waals surface area contributed by atoms with Gasteiger partial charge in [-0.1, -0.05) is 18.2 Å².